The molecule has 3 N–H and O–H groups in total. The molecular formula is C40H76NO8P. The van der Waals surface area contributed by atoms with E-state index in [-0.39, 0.29) is 32.6 Å². The molecule has 0 aliphatic rings. The third-order valence-electron chi connectivity index (χ3n) is 8.60. The van der Waals surface area contributed by atoms with Gasteiger partial charge in [-0.2, -0.15) is 0 Å². The minimum Gasteiger partial charge on any atom is -0.462 e. The largest absolute Gasteiger partial charge is 0.472 e. The van der Waals surface area contributed by atoms with Gasteiger partial charge in [0.15, 0.2) is 6.10 Å². The van der Waals surface area contributed by atoms with Crippen LogP contribution in [0.25, 0.3) is 0 Å². The molecular weight excluding hydrogens is 653 g/mol. The molecule has 0 aromatic heterocycles. The fourth-order valence-corrected chi connectivity index (χ4v) is 6.33. The van der Waals surface area contributed by atoms with E-state index < -0.39 is 32.5 Å². The van der Waals surface area contributed by atoms with Crippen LogP contribution in [0.15, 0.2) is 24.3 Å². The number of esters is 2. The van der Waals surface area contributed by atoms with Crippen LogP contribution >= 0.6 is 7.82 Å². The zero-order valence-electron chi connectivity index (χ0n) is 32.1. The molecule has 0 saturated carbocycles. The predicted octanol–water partition coefficient (Wildman–Crippen LogP) is 11.2. The summed E-state index contributed by atoms with van der Waals surface area (Å²) in [6.07, 6.45) is 37.9. The molecule has 0 heterocycles. The number of hydrogen-bond acceptors (Lipinski definition) is 8. The quantitative estimate of drug-likeness (QED) is 0.0275. The van der Waals surface area contributed by atoms with Crippen molar-refractivity contribution in [2.45, 2.75) is 193 Å². The Balaban J connectivity index is 4.25. The van der Waals surface area contributed by atoms with Crippen molar-refractivity contribution >= 4 is 19.8 Å². The van der Waals surface area contributed by atoms with E-state index in [0.717, 1.165) is 32.1 Å². The van der Waals surface area contributed by atoms with Crippen LogP contribution in [0.4, 0.5) is 0 Å². The molecule has 294 valence electrons. The number of unbranched alkanes of at least 4 members (excludes halogenated alkanes) is 21. The molecule has 50 heavy (non-hydrogen) atoms. The topological polar surface area (TPSA) is 134 Å². The first-order valence-electron chi connectivity index (χ1n) is 20.3. The van der Waals surface area contributed by atoms with Gasteiger partial charge in [0.25, 0.3) is 0 Å². The zero-order chi connectivity index (χ0) is 36.8. The summed E-state index contributed by atoms with van der Waals surface area (Å²) in [6, 6.07) is 0. The first-order chi connectivity index (χ1) is 24.3. The Kier molecular flexibility index (Phi) is 36.1. The Labute approximate surface area is 306 Å². The number of carbonyl (C=O) groups excluding carboxylic acids is 2. The highest BCUT2D eigenvalue weighted by Crippen LogP contribution is 2.43. The Morgan fingerprint density at radius 2 is 1.08 bits per heavy atom. The average Bonchev–Trinajstić information content (AvgIpc) is 3.10. The molecule has 0 rings (SSSR count). The lowest BCUT2D eigenvalue weighted by molar-refractivity contribution is -0.161. The van der Waals surface area contributed by atoms with Crippen LogP contribution in [0.1, 0.15) is 187 Å². The highest BCUT2D eigenvalue weighted by molar-refractivity contribution is 7.47. The Morgan fingerprint density at radius 1 is 0.600 bits per heavy atom. The predicted molar refractivity (Wildman–Crippen MR) is 206 cm³/mol. The van der Waals surface area contributed by atoms with E-state index in [9.17, 15) is 19.0 Å². The monoisotopic (exact) mass is 730 g/mol. The second-order valence-electron chi connectivity index (χ2n) is 13.5. The van der Waals surface area contributed by atoms with Gasteiger partial charge in [0.2, 0.25) is 0 Å². The minimum absolute atomic E-state index is 0.0474. The lowest BCUT2D eigenvalue weighted by Gasteiger charge is -2.19. The van der Waals surface area contributed by atoms with Crippen LogP contribution in [0.5, 0.6) is 0 Å². The van der Waals surface area contributed by atoms with E-state index >= 15 is 0 Å². The van der Waals surface area contributed by atoms with Crippen LogP contribution in [0, 0.1) is 0 Å². The smallest absolute Gasteiger partial charge is 0.462 e. The molecule has 2 unspecified atom stereocenters. The lowest BCUT2D eigenvalue weighted by atomic mass is 10.0. The number of carbonyl (C=O) groups is 2. The number of hydrogen-bond donors (Lipinski definition) is 2. The summed E-state index contributed by atoms with van der Waals surface area (Å²) >= 11 is 0. The van der Waals surface area contributed by atoms with E-state index in [0.29, 0.717) is 6.42 Å². The van der Waals surface area contributed by atoms with Gasteiger partial charge in [0.05, 0.1) is 13.2 Å². The van der Waals surface area contributed by atoms with Crippen molar-refractivity contribution in [3.05, 3.63) is 24.3 Å². The first-order valence-corrected chi connectivity index (χ1v) is 21.8. The molecule has 0 amide bonds. The van der Waals surface area contributed by atoms with E-state index in [1.807, 2.05) is 12.2 Å². The van der Waals surface area contributed by atoms with Gasteiger partial charge in [-0.15, -0.1) is 0 Å². The summed E-state index contributed by atoms with van der Waals surface area (Å²) < 4.78 is 32.6. The summed E-state index contributed by atoms with van der Waals surface area (Å²) in [5.74, 6) is -0.901. The Hall–Kier alpha value is -1.51. The molecule has 10 heteroatoms. The van der Waals surface area contributed by atoms with Gasteiger partial charge in [0.1, 0.15) is 6.61 Å². The van der Waals surface area contributed by atoms with Crippen LogP contribution in [0.2, 0.25) is 0 Å². The zero-order valence-corrected chi connectivity index (χ0v) is 33.0. The molecule has 0 aromatic rings. The molecule has 0 fully saturated rings. The van der Waals surface area contributed by atoms with Gasteiger partial charge in [0, 0.05) is 19.4 Å². The summed E-state index contributed by atoms with van der Waals surface area (Å²) in [5.41, 5.74) is 5.33. The second kappa shape index (κ2) is 37.3. The molecule has 0 saturated heterocycles. The van der Waals surface area contributed by atoms with Gasteiger partial charge < -0.3 is 20.1 Å². The molecule has 0 aliphatic carbocycles. The molecule has 0 spiro atoms. The van der Waals surface area contributed by atoms with E-state index in [1.54, 1.807) is 0 Å². The van der Waals surface area contributed by atoms with Gasteiger partial charge in [-0.25, -0.2) is 4.57 Å². The van der Waals surface area contributed by atoms with Gasteiger partial charge in [-0.1, -0.05) is 167 Å². The van der Waals surface area contributed by atoms with E-state index in [4.69, 9.17) is 24.3 Å². The standard InChI is InChI=1S/C40H76NO8P/c1-3-5-7-9-11-13-15-17-19-21-23-25-27-29-31-33-40(43)49-38(37-48-50(44,45)47-35-34-41)36-46-39(42)32-30-28-26-24-22-20-18-16-14-12-10-8-6-4-2/h21,23,27,29,38H,3-20,22,24-26,28,30-37,41H2,1-2H3,(H,44,45). The summed E-state index contributed by atoms with van der Waals surface area (Å²) in [7, 11) is -4.38. The van der Waals surface area contributed by atoms with Crippen LogP contribution < -0.4 is 5.73 Å². The number of rotatable bonds is 38. The van der Waals surface area contributed by atoms with Crippen molar-refractivity contribution in [1.29, 1.82) is 0 Å². The van der Waals surface area contributed by atoms with E-state index in [1.165, 1.54) is 122 Å². The molecule has 0 bridgehead atoms. The van der Waals surface area contributed by atoms with Gasteiger partial charge >= 0.3 is 19.8 Å². The molecule has 0 aliphatic heterocycles. The van der Waals surface area contributed by atoms with Crippen molar-refractivity contribution in [2.24, 2.45) is 5.73 Å². The molecule has 9 nitrogen and oxygen atoms in total. The number of nitrogens with two attached hydrogens (primary N) is 1. The van der Waals surface area contributed by atoms with Gasteiger partial charge in [-0.05, 0) is 32.1 Å². The fourth-order valence-electron chi connectivity index (χ4n) is 5.57. The highest BCUT2D eigenvalue weighted by atomic mass is 31.2. The first kappa shape index (κ1) is 48.5. The Morgan fingerprint density at radius 3 is 1.60 bits per heavy atom. The minimum atomic E-state index is -4.38. The normalized spacial score (nSPS) is 13.6. The molecule has 2 atom stereocenters. The average molecular weight is 730 g/mol. The Bertz CT molecular complexity index is 881. The van der Waals surface area contributed by atoms with Crippen molar-refractivity contribution in [1.82, 2.24) is 0 Å². The van der Waals surface area contributed by atoms with Crippen molar-refractivity contribution in [3.63, 3.8) is 0 Å². The SMILES string of the molecule is CCCCCCCCCCC=CCC=CCCC(=O)OC(COC(=O)CCCCCCCCCCCCCCCC)COP(=O)(O)OCCN. The lowest BCUT2D eigenvalue weighted by Crippen LogP contribution is -2.29. The van der Waals surface area contributed by atoms with Gasteiger partial charge in [-0.3, -0.25) is 18.6 Å². The van der Waals surface area contributed by atoms with Crippen molar-refractivity contribution < 1.29 is 37.6 Å². The third kappa shape index (κ3) is 36.3. The number of allylic oxidation sites excluding steroid dienone is 4. The summed E-state index contributed by atoms with van der Waals surface area (Å²) in [6.45, 7) is 3.67. The maximum Gasteiger partial charge on any atom is 0.472 e. The van der Waals surface area contributed by atoms with Crippen LogP contribution in [0.3, 0.4) is 0 Å². The van der Waals surface area contributed by atoms with Crippen molar-refractivity contribution in [3.8, 4) is 0 Å². The second-order valence-corrected chi connectivity index (χ2v) is 15.0. The number of phosphoric acid groups is 1. The van der Waals surface area contributed by atoms with Crippen molar-refractivity contribution in [2.75, 3.05) is 26.4 Å². The van der Waals surface area contributed by atoms with E-state index in [2.05, 4.69) is 26.0 Å². The van der Waals surface area contributed by atoms with Crippen LogP contribution in [-0.4, -0.2) is 49.3 Å². The molecule has 0 radical (unpaired) electrons. The summed E-state index contributed by atoms with van der Waals surface area (Å²) in [5, 5.41) is 0. The fraction of sp³-hybridized carbons (Fsp3) is 0.850. The number of phosphoric ester groups is 1. The third-order valence-corrected chi connectivity index (χ3v) is 9.59. The maximum absolute atomic E-state index is 12.5. The van der Waals surface area contributed by atoms with Crippen LogP contribution in [-0.2, 0) is 32.7 Å². The molecule has 0 aromatic carbocycles. The summed E-state index contributed by atoms with van der Waals surface area (Å²) in [4.78, 5) is 34.7. The highest BCUT2D eigenvalue weighted by Gasteiger charge is 2.25. The number of ether oxygens (including phenoxy) is 2. The maximum atomic E-state index is 12.5.